The van der Waals surface area contributed by atoms with Crippen LogP contribution in [-0.4, -0.2) is 39.9 Å². The van der Waals surface area contributed by atoms with Crippen molar-refractivity contribution in [3.8, 4) is 0 Å². The quantitative estimate of drug-likeness (QED) is 0.803. The first-order chi connectivity index (χ1) is 10.1. The van der Waals surface area contributed by atoms with E-state index in [2.05, 4.69) is 20.2 Å². The van der Waals surface area contributed by atoms with Crippen LogP contribution >= 0.6 is 0 Å². The van der Waals surface area contributed by atoms with Crippen molar-refractivity contribution in [2.45, 2.75) is 32.2 Å². The van der Waals surface area contributed by atoms with E-state index in [0.717, 1.165) is 31.4 Å². The Balaban J connectivity index is 1.71. The lowest BCUT2D eigenvalue weighted by atomic mass is 10.1. The van der Waals surface area contributed by atoms with Gasteiger partial charge < -0.3 is 15.3 Å². The first kappa shape index (κ1) is 13.9. The smallest absolute Gasteiger partial charge is 0.323 e. The molecule has 1 aromatic carbocycles. The van der Waals surface area contributed by atoms with E-state index in [1.807, 2.05) is 6.92 Å². The molecule has 0 spiro atoms. The third-order valence-corrected chi connectivity index (χ3v) is 4.10. The minimum Gasteiger partial charge on any atom is -0.325 e. The standard InChI is InChI=1S/C15H20N4O2/c1-10(19-7-3-2-4-8-19)14(20)16-11-5-6-12-13(9-11)18-15(21)17-12/h5-6,9-10H,2-4,7-8H2,1H3,(H,16,20)(H2,17,18,21)/t10-/m0/s1. The van der Waals surface area contributed by atoms with Crippen molar-refractivity contribution in [3.05, 3.63) is 28.7 Å². The largest absolute Gasteiger partial charge is 0.325 e. The number of carbonyl (C=O) groups is 1. The van der Waals surface area contributed by atoms with Gasteiger partial charge in [0.25, 0.3) is 0 Å². The maximum Gasteiger partial charge on any atom is 0.323 e. The van der Waals surface area contributed by atoms with E-state index in [0.29, 0.717) is 11.2 Å². The van der Waals surface area contributed by atoms with Crippen molar-refractivity contribution in [2.24, 2.45) is 0 Å². The highest BCUT2D eigenvalue weighted by atomic mass is 16.2. The van der Waals surface area contributed by atoms with Gasteiger partial charge in [-0.25, -0.2) is 4.79 Å². The molecule has 2 heterocycles. The van der Waals surface area contributed by atoms with E-state index in [4.69, 9.17) is 0 Å². The first-order valence-electron chi connectivity index (χ1n) is 7.40. The Labute approximate surface area is 122 Å². The van der Waals surface area contributed by atoms with Crippen LogP contribution < -0.4 is 11.0 Å². The molecule has 1 aromatic heterocycles. The third-order valence-electron chi connectivity index (χ3n) is 4.10. The first-order valence-corrected chi connectivity index (χ1v) is 7.40. The van der Waals surface area contributed by atoms with Crippen molar-refractivity contribution in [3.63, 3.8) is 0 Å². The van der Waals surface area contributed by atoms with Crippen LogP contribution in [-0.2, 0) is 4.79 Å². The number of imidazole rings is 1. The second-order valence-electron chi connectivity index (χ2n) is 5.60. The molecule has 1 saturated heterocycles. The summed E-state index contributed by atoms with van der Waals surface area (Å²) in [5, 5.41) is 2.92. The third kappa shape index (κ3) is 3.00. The summed E-state index contributed by atoms with van der Waals surface area (Å²) >= 11 is 0. The minimum absolute atomic E-state index is 0.00543. The number of piperidine rings is 1. The van der Waals surface area contributed by atoms with Crippen LogP contribution in [0.1, 0.15) is 26.2 Å². The SMILES string of the molecule is C[C@@H](C(=O)Nc1ccc2[nH]c(=O)[nH]c2c1)N1CCCCC1. The monoisotopic (exact) mass is 288 g/mol. The Bertz CT molecular complexity index is 697. The van der Waals surface area contributed by atoms with Crippen molar-refractivity contribution in [2.75, 3.05) is 18.4 Å². The van der Waals surface area contributed by atoms with Crippen LogP contribution in [0.4, 0.5) is 5.69 Å². The summed E-state index contributed by atoms with van der Waals surface area (Å²) < 4.78 is 0. The number of anilines is 1. The fourth-order valence-electron chi connectivity index (χ4n) is 2.83. The van der Waals surface area contributed by atoms with Gasteiger partial charge in [0.15, 0.2) is 0 Å². The van der Waals surface area contributed by atoms with Crippen molar-refractivity contribution < 1.29 is 4.79 Å². The molecule has 3 N–H and O–H groups in total. The van der Waals surface area contributed by atoms with Gasteiger partial charge in [-0.1, -0.05) is 6.42 Å². The molecule has 6 nitrogen and oxygen atoms in total. The van der Waals surface area contributed by atoms with Gasteiger partial charge in [-0.2, -0.15) is 0 Å². The summed E-state index contributed by atoms with van der Waals surface area (Å²) in [4.78, 5) is 31.1. The van der Waals surface area contributed by atoms with Crippen LogP contribution in [0.25, 0.3) is 11.0 Å². The predicted octanol–water partition coefficient (Wildman–Crippen LogP) is 1.67. The summed E-state index contributed by atoms with van der Waals surface area (Å²) in [5.74, 6) is -0.00543. The average molecular weight is 288 g/mol. The van der Waals surface area contributed by atoms with E-state index < -0.39 is 0 Å². The van der Waals surface area contributed by atoms with Crippen LogP contribution in [0.2, 0.25) is 0 Å². The Morgan fingerprint density at radius 2 is 1.90 bits per heavy atom. The minimum atomic E-state index is -0.241. The highest BCUT2D eigenvalue weighted by Crippen LogP contribution is 2.17. The van der Waals surface area contributed by atoms with E-state index >= 15 is 0 Å². The number of likely N-dealkylation sites (tertiary alicyclic amines) is 1. The second-order valence-corrected chi connectivity index (χ2v) is 5.60. The molecular formula is C15H20N4O2. The molecule has 0 bridgehead atoms. The van der Waals surface area contributed by atoms with E-state index in [-0.39, 0.29) is 17.6 Å². The zero-order valence-electron chi connectivity index (χ0n) is 12.1. The molecule has 0 aliphatic carbocycles. The zero-order valence-corrected chi connectivity index (χ0v) is 12.1. The highest BCUT2D eigenvalue weighted by molar-refractivity contribution is 5.96. The fraction of sp³-hybridized carbons (Fsp3) is 0.467. The fourth-order valence-corrected chi connectivity index (χ4v) is 2.83. The van der Waals surface area contributed by atoms with E-state index in [1.54, 1.807) is 18.2 Å². The lowest BCUT2D eigenvalue weighted by molar-refractivity contribution is -0.121. The summed E-state index contributed by atoms with van der Waals surface area (Å²) in [6.45, 7) is 3.91. The molecule has 112 valence electrons. The number of nitrogens with zero attached hydrogens (tertiary/aromatic N) is 1. The number of hydrogen-bond donors (Lipinski definition) is 3. The van der Waals surface area contributed by atoms with Gasteiger partial charge in [0.1, 0.15) is 0 Å². The summed E-state index contributed by atoms with van der Waals surface area (Å²) in [7, 11) is 0. The molecule has 2 aromatic rings. The van der Waals surface area contributed by atoms with Gasteiger partial charge in [0.05, 0.1) is 17.1 Å². The number of H-pyrrole nitrogens is 2. The molecule has 0 saturated carbocycles. The van der Waals surface area contributed by atoms with Crippen LogP contribution in [0.3, 0.4) is 0 Å². The topological polar surface area (TPSA) is 81.0 Å². The summed E-state index contributed by atoms with van der Waals surface area (Å²) in [5.41, 5.74) is 1.90. The molecule has 6 heteroatoms. The number of benzene rings is 1. The van der Waals surface area contributed by atoms with Gasteiger partial charge >= 0.3 is 5.69 Å². The van der Waals surface area contributed by atoms with Gasteiger partial charge in [-0.3, -0.25) is 9.69 Å². The van der Waals surface area contributed by atoms with Crippen molar-refractivity contribution >= 4 is 22.6 Å². The van der Waals surface area contributed by atoms with Crippen molar-refractivity contribution in [1.29, 1.82) is 0 Å². The van der Waals surface area contributed by atoms with E-state index in [9.17, 15) is 9.59 Å². The number of rotatable bonds is 3. The van der Waals surface area contributed by atoms with Crippen LogP contribution in [0, 0.1) is 0 Å². The molecule has 1 amide bonds. The molecule has 1 fully saturated rings. The van der Waals surface area contributed by atoms with Gasteiger partial charge in [0.2, 0.25) is 5.91 Å². The van der Waals surface area contributed by atoms with Crippen LogP contribution in [0.15, 0.2) is 23.0 Å². The molecule has 0 unspecified atom stereocenters. The maximum absolute atomic E-state index is 12.3. The zero-order chi connectivity index (χ0) is 14.8. The van der Waals surface area contributed by atoms with Gasteiger partial charge in [0, 0.05) is 5.69 Å². The number of aromatic nitrogens is 2. The highest BCUT2D eigenvalue weighted by Gasteiger charge is 2.22. The molecule has 21 heavy (non-hydrogen) atoms. The molecule has 0 radical (unpaired) electrons. The number of amides is 1. The number of nitrogens with one attached hydrogen (secondary N) is 3. The van der Waals surface area contributed by atoms with Gasteiger partial charge in [-0.05, 0) is 51.1 Å². The molecule has 3 rings (SSSR count). The van der Waals surface area contributed by atoms with Crippen molar-refractivity contribution in [1.82, 2.24) is 14.9 Å². The number of aromatic amines is 2. The maximum atomic E-state index is 12.3. The Kier molecular flexibility index (Phi) is 3.79. The Morgan fingerprint density at radius 3 is 2.67 bits per heavy atom. The van der Waals surface area contributed by atoms with Crippen LogP contribution in [0.5, 0.6) is 0 Å². The van der Waals surface area contributed by atoms with Gasteiger partial charge in [-0.15, -0.1) is 0 Å². The Morgan fingerprint density at radius 1 is 1.19 bits per heavy atom. The lowest BCUT2D eigenvalue weighted by Crippen LogP contribution is -2.44. The predicted molar refractivity (Wildman–Crippen MR) is 82.4 cm³/mol. The Hall–Kier alpha value is -2.08. The van der Waals surface area contributed by atoms with E-state index in [1.165, 1.54) is 6.42 Å². The summed E-state index contributed by atoms with van der Waals surface area (Å²) in [6.07, 6.45) is 3.57. The molecular weight excluding hydrogens is 268 g/mol. The normalized spacial score (nSPS) is 17.8. The molecule has 1 atom stereocenters. The number of carbonyl (C=O) groups excluding carboxylic acids is 1. The number of hydrogen-bond acceptors (Lipinski definition) is 3. The number of fused-ring (bicyclic) bond motifs is 1. The summed E-state index contributed by atoms with van der Waals surface area (Å²) in [6, 6.07) is 5.22. The second kappa shape index (κ2) is 5.73. The molecule has 1 aliphatic rings. The average Bonchev–Trinajstić information content (AvgIpc) is 2.86. The molecule has 1 aliphatic heterocycles. The lowest BCUT2D eigenvalue weighted by Gasteiger charge is -2.31.